The maximum atomic E-state index is 11.6. The van der Waals surface area contributed by atoms with Crippen molar-refractivity contribution in [2.45, 2.75) is 13.8 Å². The molecule has 0 aliphatic carbocycles. The lowest BCUT2D eigenvalue weighted by atomic mass is 10.2. The van der Waals surface area contributed by atoms with E-state index in [1.165, 1.54) is 4.68 Å². The van der Waals surface area contributed by atoms with Gasteiger partial charge in [-0.05, 0) is 24.7 Å². The van der Waals surface area contributed by atoms with Crippen molar-refractivity contribution in [2.24, 2.45) is 5.10 Å². The second-order valence-electron chi connectivity index (χ2n) is 5.55. The zero-order valence-corrected chi connectivity index (χ0v) is 16.6. The standard InChI is InChI=1S/C16H16N6O2S.C2H4O2/c1-2-24-16(23)20-12-8-11-13(14(17)19-12)21-15(25)22(11)18-9-10-6-4-3-5-7-10;1-2(3)4/h3-9H,2H2,1H3,(H,21,25)(H3,17,19,20,23);1H3,(H,3,4)/b18-9+;. The van der Waals surface area contributed by atoms with Gasteiger partial charge >= 0.3 is 6.09 Å². The Morgan fingerprint density at radius 3 is 2.69 bits per heavy atom. The third kappa shape index (κ3) is 6.14. The van der Waals surface area contributed by atoms with E-state index in [2.05, 4.69) is 20.4 Å². The molecule has 5 N–H and O–H groups in total. The number of nitrogens with two attached hydrogens (primary N) is 1. The molecule has 152 valence electrons. The van der Waals surface area contributed by atoms with Crippen LogP contribution in [0.4, 0.5) is 16.4 Å². The topological polar surface area (TPSA) is 148 Å². The number of aromatic amines is 1. The van der Waals surface area contributed by atoms with Gasteiger partial charge in [-0.25, -0.2) is 14.5 Å². The number of nitrogens with zero attached hydrogens (tertiary/aromatic N) is 3. The number of carbonyl (C=O) groups excluding carboxylic acids is 1. The number of rotatable bonds is 4. The van der Waals surface area contributed by atoms with Crippen molar-refractivity contribution in [2.75, 3.05) is 17.7 Å². The number of benzene rings is 1. The van der Waals surface area contributed by atoms with Crippen molar-refractivity contribution in [3.63, 3.8) is 0 Å². The number of carboxylic acid groups (broad SMARTS) is 1. The van der Waals surface area contributed by atoms with Gasteiger partial charge in [-0.1, -0.05) is 30.3 Å². The largest absolute Gasteiger partial charge is 0.481 e. The number of nitrogen functional groups attached to an aromatic ring is 1. The average Bonchev–Trinajstić information content (AvgIpc) is 2.96. The number of carbonyl (C=O) groups is 2. The molecular weight excluding hydrogens is 396 g/mol. The van der Waals surface area contributed by atoms with Gasteiger partial charge in [0.1, 0.15) is 11.3 Å². The highest BCUT2D eigenvalue weighted by molar-refractivity contribution is 7.71. The number of anilines is 2. The molecule has 2 aromatic heterocycles. The number of H-pyrrole nitrogens is 1. The Balaban J connectivity index is 0.000000687. The third-order valence-electron chi connectivity index (χ3n) is 3.31. The van der Waals surface area contributed by atoms with E-state index in [9.17, 15) is 4.79 Å². The number of hydrogen-bond donors (Lipinski definition) is 4. The zero-order chi connectivity index (χ0) is 21.4. The number of aliphatic carboxylic acids is 1. The fourth-order valence-electron chi connectivity index (χ4n) is 2.23. The summed E-state index contributed by atoms with van der Waals surface area (Å²) in [7, 11) is 0. The van der Waals surface area contributed by atoms with Crippen LogP contribution in [0.1, 0.15) is 19.4 Å². The van der Waals surface area contributed by atoms with Crippen LogP contribution in [0, 0.1) is 4.77 Å². The van der Waals surface area contributed by atoms with E-state index in [1.54, 1.807) is 19.2 Å². The van der Waals surface area contributed by atoms with Crippen LogP contribution in [-0.4, -0.2) is 44.6 Å². The van der Waals surface area contributed by atoms with Gasteiger partial charge in [-0.2, -0.15) is 5.10 Å². The Hall–Kier alpha value is -3.73. The molecule has 0 aliphatic heterocycles. The van der Waals surface area contributed by atoms with Crippen molar-refractivity contribution in [3.05, 3.63) is 46.7 Å². The lowest BCUT2D eigenvalue weighted by Crippen LogP contribution is -2.14. The summed E-state index contributed by atoms with van der Waals surface area (Å²) >= 11 is 5.30. The first kappa shape index (κ1) is 21.6. The number of fused-ring (bicyclic) bond motifs is 1. The maximum Gasteiger partial charge on any atom is 0.412 e. The summed E-state index contributed by atoms with van der Waals surface area (Å²) in [6, 6.07) is 11.2. The molecular formula is C18H20N6O4S. The van der Waals surface area contributed by atoms with Gasteiger partial charge in [0.05, 0.1) is 18.3 Å². The van der Waals surface area contributed by atoms with Crippen LogP contribution in [0.25, 0.3) is 11.0 Å². The molecule has 29 heavy (non-hydrogen) atoms. The highest BCUT2D eigenvalue weighted by Crippen LogP contribution is 2.22. The lowest BCUT2D eigenvalue weighted by Gasteiger charge is -2.06. The number of pyridine rings is 1. The second-order valence-corrected chi connectivity index (χ2v) is 5.94. The van der Waals surface area contributed by atoms with E-state index in [0.717, 1.165) is 12.5 Å². The van der Waals surface area contributed by atoms with E-state index in [1.807, 2.05) is 30.3 Å². The van der Waals surface area contributed by atoms with Crippen molar-refractivity contribution in [1.82, 2.24) is 14.6 Å². The van der Waals surface area contributed by atoms with Crippen LogP contribution >= 0.6 is 12.2 Å². The van der Waals surface area contributed by atoms with Crippen LogP contribution in [0.5, 0.6) is 0 Å². The number of carboxylic acids is 1. The van der Waals surface area contributed by atoms with Crippen LogP contribution in [0.2, 0.25) is 0 Å². The van der Waals surface area contributed by atoms with Gasteiger partial charge in [-0.15, -0.1) is 0 Å². The maximum absolute atomic E-state index is 11.6. The number of imidazole rings is 1. The average molecular weight is 416 g/mol. The van der Waals surface area contributed by atoms with Crippen molar-refractivity contribution in [1.29, 1.82) is 0 Å². The molecule has 0 fully saturated rings. The lowest BCUT2D eigenvalue weighted by molar-refractivity contribution is -0.134. The number of amides is 1. The Kier molecular flexibility index (Phi) is 7.43. The van der Waals surface area contributed by atoms with Gasteiger partial charge in [0, 0.05) is 13.0 Å². The number of ether oxygens (including phenoxy) is 1. The number of hydrogen-bond acceptors (Lipinski definition) is 7. The van der Waals surface area contributed by atoms with Gasteiger partial charge in [0.15, 0.2) is 10.6 Å². The Bertz CT molecular complexity index is 1090. The summed E-state index contributed by atoms with van der Waals surface area (Å²) in [4.78, 5) is 27.7. The molecule has 10 nitrogen and oxygen atoms in total. The van der Waals surface area contributed by atoms with E-state index in [0.29, 0.717) is 15.8 Å². The van der Waals surface area contributed by atoms with Crippen molar-refractivity contribution >= 4 is 53.2 Å². The monoisotopic (exact) mass is 416 g/mol. The molecule has 0 spiro atoms. The smallest absolute Gasteiger partial charge is 0.412 e. The number of nitrogens with one attached hydrogen (secondary N) is 2. The van der Waals surface area contributed by atoms with Gasteiger partial charge in [0.25, 0.3) is 5.97 Å². The summed E-state index contributed by atoms with van der Waals surface area (Å²) in [5.41, 5.74) is 8.01. The summed E-state index contributed by atoms with van der Waals surface area (Å²) in [6.45, 7) is 3.05. The third-order valence-corrected chi connectivity index (χ3v) is 3.58. The first-order valence-electron chi connectivity index (χ1n) is 8.45. The summed E-state index contributed by atoms with van der Waals surface area (Å²) in [5.74, 6) is -0.384. The molecule has 0 saturated carbocycles. The molecule has 0 aliphatic rings. The molecule has 0 radical (unpaired) electrons. The predicted octanol–water partition coefficient (Wildman–Crippen LogP) is 3.22. The van der Waals surface area contributed by atoms with E-state index < -0.39 is 12.1 Å². The fraction of sp³-hybridized carbons (Fsp3) is 0.167. The summed E-state index contributed by atoms with van der Waals surface area (Å²) in [5, 5.41) is 14.3. The highest BCUT2D eigenvalue weighted by atomic mass is 32.1. The van der Waals surface area contributed by atoms with Crippen molar-refractivity contribution in [3.8, 4) is 0 Å². The minimum absolute atomic E-state index is 0.198. The molecule has 1 amide bonds. The molecule has 3 rings (SSSR count). The van der Waals surface area contributed by atoms with Crippen LogP contribution < -0.4 is 11.1 Å². The Morgan fingerprint density at radius 2 is 2.07 bits per heavy atom. The molecule has 0 bridgehead atoms. The molecule has 0 saturated heterocycles. The fourth-order valence-corrected chi connectivity index (χ4v) is 2.48. The Labute approximate surface area is 171 Å². The van der Waals surface area contributed by atoms with Gasteiger partial charge < -0.3 is 20.6 Å². The zero-order valence-electron chi connectivity index (χ0n) is 15.7. The molecule has 11 heteroatoms. The molecule has 0 unspecified atom stereocenters. The second kappa shape index (κ2) is 9.99. The first-order chi connectivity index (χ1) is 13.8. The van der Waals surface area contributed by atoms with Crippen LogP contribution in [0.15, 0.2) is 41.5 Å². The van der Waals surface area contributed by atoms with Crippen LogP contribution in [-0.2, 0) is 9.53 Å². The van der Waals surface area contributed by atoms with Gasteiger partial charge in [0.2, 0.25) is 0 Å². The van der Waals surface area contributed by atoms with Crippen molar-refractivity contribution < 1.29 is 19.4 Å². The minimum atomic E-state index is -0.833. The normalized spacial score (nSPS) is 10.4. The quantitative estimate of drug-likeness (QED) is 0.377. The molecule has 3 aromatic rings. The van der Waals surface area contributed by atoms with E-state index >= 15 is 0 Å². The van der Waals surface area contributed by atoms with E-state index in [-0.39, 0.29) is 18.2 Å². The predicted molar refractivity (Wildman–Crippen MR) is 113 cm³/mol. The molecule has 0 atom stereocenters. The minimum Gasteiger partial charge on any atom is -0.481 e. The summed E-state index contributed by atoms with van der Waals surface area (Å²) in [6.07, 6.45) is 1.07. The first-order valence-corrected chi connectivity index (χ1v) is 8.86. The molecule has 1 aromatic carbocycles. The Morgan fingerprint density at radius 1 is 1.41 bits per heavy atom. The molecule has 2 heterocycles. The number of aromatic nitrogens is 3. The van der Waals surface area contributed by atoms with Gasteiger partial charge in [-0.3, -0.25) is 10.1 Å². The highest BCUT2D eigenvalue weighted by Gasteiger charge is 2.12. The summed E-state index contributed by atoms with van der Waals surface area (Å²) < 4.78 is 6.73. The van der Waals surface area contributed by atoms with Crippen LogP contribution in [0.3, 0.4) is 0 Å². The SMILES string of the molecule is CC(=O)O.CCOC(=O)Nc1cc2c([nH]c(=S)n2/N=C/c2ccccc2)c(N)n1. The van der Waals surface area contributed by atoms with E-state index in [4.69, 9.17) is 32.6 Å².